The number of nitrogens with one attached hydrogen (secondary N) is 1. The molecule has 0 unspecified atom stereocenters. The Morgan fingerprint density at radius 3 is 2.69 bits per heavy atom. The predicted molar refractivity (Wildman–Crippen MR) is 157 cm³/mol. The van der Waals surface area contributed by atoms with Gasteiger partial charge in [0.2, 0.25) is 10.1 Å². The van der Waals surface area contributed by atoms with E-state index < -0.39 is 5.91 Å². The molecule has 6 rings (SSSR count). The maximum Gasteiger partial charge on any atom is 0.283 e. The number of ether oxygens (including phenoxy) is 1. The van der Waals surface area contributed by atoms with E-state index in [4.69, 9.17) is 20.2 Å². The highest BCUT2D eigenvalue weighted by Gasteiger charge is 2.36. The number of hydrogen-bond donors (Lipinski definition) is 1. The molecule has 2 aliphatic heterocycles. The van der Waals surface area contributed by atoms with Gasteiger partial charge < -0.3 is 4.74 Å². The molecule has 4 heterocycles. The highest BCUT2D eigenvalue weighted by molar-refractivity contribution is 8.27. The van der Waals surface area contributed by atoms with E-state index in [2.05, 4.69) is 17.0 Å². The van der Waals surface area contributed by atoms with Crippen molar-refractivity contribution < 1.29 is 9.53 Å². The minimum atomic E-state index is -0.497. The molecule has 1 amide bonds. The zero-order valence-corrected chi connectivity index (χ0v) is 23.3. The number of carbonyl (C=O) groups excluding carboxylic acids is 1. The second kappa shape index (κ2) is 10.2. The number of aromatic nitrogens is 3. The van der Waals surface area contributed by atoms with Gasteiger partial charge in [-0.3, -0.25) is 10.2 Å². The van der Waals surface area contributed by atoms with E-state index in [0.29, 0.717) is 21.6 Å². The van der Waals surface area contributed by atoms with Crippen molar-refractivity contribution in [3.8, 4) is 17.0 Å². The average molecular weight is 556 g/mol. The third kappa shape index (κ3) is 4.90. The van der Waals surface area contributed by atoms with Crippen LogP contribution in [-0.4, -0.2) is 48.2 Å². The van der Waals surface area contributed by atoms with E-state index in [1.165, 1.54) is 28.1 Å². The van der Waals surface area contributed by atoms with E-state index in [0.717, 1.165) is 45.3 Å². The zero-order chi connectivity index (χ0) is 27.1. The third-order valence-electron chi connectivity index (χ3n) is 6.20. The first-order valence-electron chi connectivity index (χ1n) is 12.5. The normalized spacial score (nSPS) is 16.2. The first kappa shape index (κ1) is 25.2. The summed E-state index contributed by atoms with van der Waals surface area (Å²) in [6.07, 6.45) is 3.48. The molecule has 4 aromatic rings. The van der Waals surface area contributed by atoms with Crippen LogP contribution in [0.25, 0.3) is 22.3 Å². The molecule has 0 radical (unpaired) electrons. The first-order chi connectivity index (χ1) is 18.9. The van der Waals surface area contributed by atoms with Gasteiger partial charge in [0.15, 0.2) is 5.84 Å². The second-order valence-electron chi connectivity index (χ2n) is 9.27. The molecule has 9 nitrogen and oxygen atoms in total. The Labute approximate surface area is 233 Å². The smallest absolute Gasteiger partial charge is 0.283 e. The summed E-state index contributed by atoms with van der Waals surface area (Å²) in [7, 11) is 0. The minimum absolute atomic E-state index is 0.0446. The van der Waals surface area contributed by atoms with Crippen molar-refractivity contribution in [1.82, 2.24) is 19.6 Å². The van der Waals surface area contributed by atoms with Gasteiger partial charge in [-0.1, -0.05) is 60.2 Å². The summed E-state index contributed by atoms with van der Waals surface area (Å²) in [5.41, 5.74) is 4.61. The number of hydrogen-bond acceptors (Lipinski definition) is 8. The lowest BCUT2D eigenvalue weighted by Crippen LogP contribution is -2.35. The van der Waals surface area contributed by atoms with Crippen LogP contribution in [0.15, 0.2) is 64.2 Å². The van der Waals surface area contributed by atoms with Crippen LogP contribution in [0, 0.1) is 19.3 Å². The molecule has 2 aromatic heterocycles. The molecule has 2 aromatic carbocycles. The lowest BCUT2D eigenvalue weighted by molar-refractivity contribution is -0.114. The maximum atomic E-state index is 13.2. The monoisotopic (exact) mass is 555 g/mol. The number of benzene rings is 2. The van der Waals surface area contributed by atoms with Crippen molar-refractivity contribution in [2.24, 2.45) is 10.1 Å². The summed E-state index contributed by atoms with van der Waals surface area (Å²) in [6.45, 7) is 6.35. The molecule has 196 valence electrons. The van der Waals surface area contributed by atoms with Gasteiger partial charge >= 0.3 is 0 Å². The fourth-order valence-electron chi connectivity index (χ4n) is 4.25. The number of hydrazone groups is 1. The van der Waals surface area contributed by atoms with Crippen molar-refractivity contribution in [3.05, 3.63) is 75.9 Å². The third-order valence-corrected chi connectivity index (χ3v) is 8.05. The van der Waals surface area contributed by atoms with Gasteiger partial charge in [-0.05, 0) is 55.8 Å². The SMILES string of the molecule is CCCc1nn2c(/C=C3/C(=N)N4N=C(COc5cccc(C)c5)SC4=NC3=O)c(-c3ccc(C)cc3)nc2s1. The summed E-state index contributed by atoms with van der Waals surface area (Å²) in [6, 6.07) is 15.8. The number of rotatable bonds is 7. The fourth-order valence-corrected chi connectivity index (χ4v) is 6.05. The van der Waals surface area contributed by atoms with E-state index in [1.807, 2.05) is 62.4 Å². The van der Waals surface area contributed by atoms with Crippen LogP contribution in [0.5, 0.6) is 5.75 Å². The molecule has 0 bridgehead atoms. The molecule has 0 fully saturated rings. The van der Waals surface area contributed by atoms with Gasteiger partial charge in [-0.25, -0.2) is 9.50 Å². The standard InChI is InChI=1S/C28H25N7O2S2/c1-4-6-22-32-34-21(24(30-27(34)38-22)18-11-9-16(2)10-12-18)14-20-25(29)35-28(31-26(20)36)39-23(33-35)15-37-19-8-5-7-17(3)13-19/h5,7-14,29H,4,6,15H2,1-3H3/b20-14-,29-25?. The lowest BCUT2D eigenvalue weighted by atomic mass is 10.1. The number of fused-ring (bicyclic) bond motifs is 2. The number of carbonyl (C=O) groups is 1. The Hall–Kier alpha value is -4.09. The molecular weight excluding hydrogens is 530 g/mol. The van der Waals surface area contributed by atoms with Crippen LogP contribution in [0.1, 0.15) is 35.2 Å². The highest BCUT2D eigenvalue weighted by Crippen LogP contribution is 2.32. The highest BCUT2D eigenvalue weighted by atomic mass is 32.2. The number of thioether (sulfide) groups is 1. The zero-order valence-electron chi connectivity index (χ0n) is 21.6. The van der Waals surface area contributed by atoms with Crippen LogP contribution >= 0.6 is 23.1 Å². The van der Waals surface area contributed by atoms with Crippen LogP contribution in [0.4, 0.5) is 0 Å². The number of aryl methyl sites for hydroxylation is 3. The lowest BCUT2D eigenvalue weighted by Gasteiger charge is -2.20. The summed E-state index contributed by atoms with van der Waals surface area (Å²) < 4.78 is 7.64. The van der Waals surface area contributed by atoms with Crippen LogP contribution in [0.3, 0.4) is 0 Å². The topological polar surface area (TPSA) is 108 Å². The number of aliphatic imine (C=N–C) groups is 1. The Morgan fingerprint density at radius 2 is 1.92 bits per heavy atom. The summed E-state index contributed by atoms with van der Waals surface area (Å²) in [4.78, 5) is 23.0. The number of amidine groups is 2. The maximum absolute atomic E-state index is 13.2. The van der Waals surface area contributed by atoms with Crippen LogP contribution < -0.4 is 4.74 Å². The molecule has 0 spiro atoms. The molecule has 2 aliphatic rings. The first-order valence-corrected chi connectivity index (χ1v) is 14.2. The van der Waals surface area contributed by atoms with Crippen molar-refractivity contribution in [2.45, 2.75) is 33.6 Å². The summed E-state index contributed by atoms with van der Waals surface area (Å²) >= 11 is 2.77. The second-order valence-corrected chi connectivity index (χ2v) is 11.4. The van der Waals surface area contributed by atoms with Crippen LogP contribution in [0.2, 0.25) is 0 Å². The van der Waals surface area contributed by atoms with Gasteiger partial charge in [-0.15, -0.1) is 0 Å². The Bertz CT molecular complexity index is 1710. The number of imidazole rings is 1. The Balaban J connectivity index is 1.35. The molecular formula is C28H25N7O2S2. The van der Waals surface area contributed by atoms with Crippen molar-refractivity contribution >= 4 is 56.1 Å². The van der Waals surface area contributed by atoms with Gasteiger partial charge in [0.05, 0.1) is 17.0 Å². The van der Waals surface area contributed by atoms with Crippen molar-refractivity contribution in [3.63, 3.8) is 0 Å². The summed E-state index contributed by atoms with van der Waals surface area (Å²) in [5, 5.41) is 21.5. The molecule has 1 N–H and O–H groups in total. The quantitative estimate of drug-likeness (QED) is 0.292. The molecule has 0 saturated carbocycles. The Morgan fingerprint density at radius 1 is 1.10 bits per heavy atom. The summed E-state index contributed by atoms with van der Waals surface area (Å²) in [5.74, 6) is 0.191. The van der Waals surface area contributed by atoms with Gasteiger partial charge in [0.25, 0.3) is 5.91 Å². The Kier molecular flexibility index (Phi) is 6.61. The average Bonchev–Trinajstić information content (AvgIpc) is 3.59. The predicted octanol–water partition coefficient (Wildman–Crippen LogP) is 5.73. The fraction of sp³-hybridized carbons (Fsp3) is 0.214. The van der Waals surface area contributed by atoms with Gasteiger partial charge in [0.1, 0.15) is 22.4 Å². The van der Waals surface area contributed by atoms with E-state index in [-0.39, 0.29) is 18.0 Å². The molecule has 0 saturated heterocycles. The van der Waals surface area contributed by atoms with E-state index >= 15 is 0 Å². The van der Waals surface area contributed by atoms with E-state index in [9.17, 15) is 4.79 Å². The van der Waals surface area contributed by atoms with Crippen LogP contribution in [-0.2, 0) is 11.2 Å². The van der Waals surface area contributed by atoms with Crippen molar-refractivity contribution in [2.75, 3.05) is 6.61 Å². The number of nitrogens with zero attached hydrogens (tertiary/aromatic N) is 6. The molecule has 39 heavy (non-hydrogen) atoms. The van der Waals surface area contributed by atoms with Gasteiger partial charge in [-0.2, -0.15) is 20.2 Å². The van der Waals surface area contributed by atoms with Crippen molar-refractivity contribution in [1.29, 1.82) is 5.41 Å². The van der Waals surface area contributed by atoms with E-state index in [1.54, 1.807) is 10.6 Å². The molecule has 0 atom stereocenters. The number of amides is 1. The minimum Gasteiger partial charge on any atom is -0.487 e. The largest absolute Gasteiger partial charge is 0.487 e. The molecule has 11 heteroatoms. The molecule has 0 aliphatic carbocycles. The van der Waals surface area contributed by atoms with Gasteiger partial charge in [0, 0.05) is 12.0 Å².